The Labute approximate surface area is 98.8 Å². The second kappa shape index (κ2) is 8.32. The van der Waals surface area contributed by atoms with Crippen molar-refractivity contribution < 1.29 is 28.5 Å². The van der Waals surface area contributed by atoms with Crippen LogP contribution in [0.3, 0.4) is 0 Å². The van der Waals surface area contributed by atoms with Crippen molar-refractivity contribution in [2.24, 2.45) is 0 Å². The molecule has 0 aromatic heterocycles. The zero-order valence-corrected chi connectivity index (χ0v) is 9.79. The van der Waals surface area contributed by atoms with Crippen LogP contribution in [0.25, 0.3) is 0 Å². The summed E-state index contributed by atoms with van der Waals surface area (Å²) in [5.41, 5.74) is -1.06. The Morgan fingerprint density at radius 3 is 2.41 bits per heavy atom. The lowest BCUT2D eigenvalue weighted by Gasteiger charge is -2.29. The molecule has 0 bridgehead atoms. The predicted octanol–water partition coefficient (Wildman–Crippen LogP) is -0.0922. The Balaban J connectivity index is 3.91. The van der Waals surface area contributed by atoms with Crippen LogP contribution in [0, 0.1) is 0 Å². The van der Waals surface area contributed by atoms with Crippen LogP contribution in [-0.2, 0) is 9.53 Å². The quantitative estimate of drug-likeness (QED) is 0.503. The molecule has 0 spiro atoms. The Bertz CT molecular complexity index is 214. The number of hydrogen-bond donors (Lipinski definition) is 3. The molecule has 17 heavy (non-hydrogen) atoms. The standard InChI is InChI=1S/C10H19F2NO4/c1-2-10(6-14,7-15)13-9(16)3-4-17-5-8(11)12/h8,14-15H,2-7H2,1H3,(H,13,16). The van der Waals surface area contributed by atoms with E-state index >= 15 is 0 Å². The van der Waals surface area contributed by atoms with Crippen molar-refractivity contribution in [1.29, 1.82) is 0 Å². The second-order valence-electron chi connectivity index (χ2n) is 3.71. The number of aliphatic hydroxyl groups excluding tert-OH is 2. The highest BCUT2D eigenvalue weighted by Gasteiger charge is 2.28. The van der Waals surface area contributed by atoms with Crippen LogP contribution in [0.4, 0.5) is 8.78 Å². The van der Waals surface area contributed by atoms with E-state index in [1.165, 1.54) is 0 Å². The molecule has 0 heterocycles. The van der Waals surface area contributed by atoms with Crippen LogP contribution in [0.5, 0.6) is 0 Å². The summed E-state index contributed by atoms with van der Waals surface area (Å²) in [6.45, 7) is 0.117. The summed E-state index contributed by atoms with van der Waals surface area (Å²) in [5.74, 6) is -0.454. The van der Waals surface area contributed by atoms with Crippen molar-refractivity contribution in [3.63, 3.8) is 0 Å². The number of hydrogen-bond acceptors (Lipinski definition) is 4. The molecule has 102 valence electrons. The van der Waals surface area contributed by atoms with E-state index in [9.17, 15) is 13.6 Å². The van der Waals surface area contributed by atoms with Crippen molar-refractivity contribution >= 4 is 5.91 Å². The Hall–Kier alpha value is -0.790. The summed E-state index contributed by atoms with van der Waals surface area (Å²) in [6, 6.07) is 0. The maximum absolute atomic E-state index is 11.7. The highest BCUT2D eigenvalue weighted by molar-refractivity contribution is 5.76. The number of amides is 1. The van der Waals surface area contributed by atoms with Gasteiger partial charge in [-0.15, -0.1) is 0 Å². The summed E-state index contributed by atoms with van der Waals surface area (Å²) in [5, 5.41) is 20.6. The lowest BCUT2D eigenvalue weighted by Crippen LogP contribution is -2.53. The molecule has 0 aliphatic heterocycles. The van der Waals surface area contributed by atoms with Crippen LogP contribution < -0.4 is 5.32 Å². The monoisotopic (exact) mass is 255 g/mol. The fourth-order valence-electron chi connectivity index (χ4n) is 1.14. The first-order valence-electron chi connectivity index (χ1n) is 5.38. The van der Waals surface area contributed by atoms with Gasteiger partial charge in [0.25, 0.3) is 6.43 Å². The minimum Gasteiger partial charge on any atom is -0.394 e. The molecule has 0 unspecified atom stereocenters. The van der Waals surface area contributed by atoms with E-state index in [0.717, 1.165) is 0 Å². The van der Waals surface area contributed by atoms with Crippen LogP contribution in [0.2, 0.25) is 0 Å². The number of halogens is 2. The largest absolute Gasteiger partial charge is 0.394 e. The van der Waals surface area contributed by atoms with Crippen LogP contribution in [-0.4, -0.2) is 54.5 Å². The first-order chi connectivity index (χ1) is 7.99. The van der Waals surface area contributed by atoms with Crippen molar-refractivity contribution in [1.82, 2.24) is 5.32 Å². The van der Waals surface area contributed by atoms with E-state index in [4.69, 9.17) is 10.2 Å². The molecule has 7 heteroatoms. The Morgan fingerprint density at radius 1 is 1.41 bits per heavy atom. The number of carbonyl (C=O) groups excluding carboxylic acids is 1. The van der Waals surface area contributed by atoms with Gasteiger partial charge in [0, 0.05) is 6.42 Å². The fraction of sp³-hybridized carbons (Fsp3) is 0.900. The molecule has 0 aromatic rings. The molecule has 0 saturated carbocycles. The van der Waals surface area contributed by atoms with Gasteiger partial charge in [-0.1, -0.05) is 6.92 Å². The molecule has 0 aromatic carbocycles. The molecule has 0 rings (SSSR count). The maximum Gasteiger partial charge on any atom is 0.261 e. The van der Waals surface area contributed by atoms with Gasteiger partial charge in [0.05, 0.1) is 25.4 Å². The van der Waals surface area contributed by atoms with Gasteiger partial charge in [0.15, 0.2) is 0 Å². The third-order valence-corrected chi connectivity index (χ3v) is 2.40. The van der Waals surface area contributed by atoms with Gasteiger partial charge in [-0.2, -0.15) is 0 Å². The lowest BCUT2D eigenvalue weighted by atomic mass is 9.98. The molecule has 0 saturated heterocycles. The molecule has 0 fully saturated rings. The summed E-state index contributed by atoms with van der Waals surface area (Å²) < 4.78 is 28.0. The van der Waals surface area contributed by atoms with Gasteiger partial charge < -0.3 is 20.3 Å². The van der Waals surface area contributed by atoms with Gasteiger partial charge in [-0.25, -0.2) is 8.78 Å². The van der Waals surface area contributed by atoms with Gasteiger partial charge in [-0.05, 0) is 6.42 Å². The number of alkyl halides is 2. The van der Waals surface area contributed by atoms with E-state index in [1.807, 2.05) is 0 Å². The fourth-order valence-corrected chi connectivity index (χ4v) is 1.14. The molecule has 0 radical (unpaired) electrons. The Kier molecular flexibility index (Phi) is 7.94. The van der Waals surface area contributed by atoms with Crippen LogP contribution in [0.1, 0.15) is 19.8 Å². The topological polar surface area (TPSA) is 78.8 Å². The average Bonchev–Trinajstić information content (AvgIpc) is 2.32. The summed E-state index contributed by atoms with van der Waals surface area (Å²) >= 11 is 0. The van der Waals surface area contributed by atoms with Crippen LogP contribution in [0.15, 0.2) is 0 Å². The third kappa shape index (κ3) is 6.50. The normalized spacial score (nSPS) is 11.9. The number of ether oxygens (including phenoxy) is 1. The summed E-state index contributed by atoms with van der Waals surface area (Å²) in [6.07, 6.45) is -2.28. The van der Waals surface area contributed by atoms with Gasteiger partial charge in [0.2, 0.25) is 5.91 Å². The Morgan fingerprint density at radius 2 is 2.00 bits per heavy atom. The minimum absolute atomic E-state index is 0.0888. The molecule has 3 N–H and O–H groups in total. The number of aliphatic hydroxyl groups is 2. The average molecular weight is 255 g/mol. The molecule has 5 nitrogen and oxygen atoms in total. The molecule has 0 aliphatic carbocycles. The van der Waals surface area contributed by atoms with E-state index in [-0.39, 0.29) is 26.2 Å². The highest BCUT2D eigenvalue weighted by Crippen LogP contribution is 2.08. The van der Waals surface area contributed by atoms with Crippen LogP contribution >= 0.6 is 0 Å². The van der Waals surface area contributed by atoms with Crippen molar-refractivity contribution in [3.05, 3.63) is 0 Å². The van der Waals surface area contributed by atoms with Gasteiger partial charge >= 0.3 is 0 Å². The second-order valence-corrected chi connectivity index (χ2v) is 3.71. The summed E-state index contributed by atoms with van der Waals surface area (Å²) in [4.78, 5) is 11.4. The number of rotatable bonds is 9. The highest BCUT2D eigenvalue weighted by atomic mass is 19.3. The zero-order valence-electron chi connectivity index (χ0n) is 9.79. The molecular weight excluding hydrogens is 236 g/mol. The first kappa shape index (κ1) is 16.2. The van der Waals surface area contributed by atoms with Gasteiger partial charge in [-0.3, -0.25) is 4.79 Å². The third-order valence-electron chi connectivity index (χ3n) is 2.40. The van der Waals surface area contributed by atoms with Crippen molar-refractivity contribution in [3.8, 4) is 0 Å². The van der Waals surface area contributed by atoms with Crippen molar-refractivity contribution in [2.75, 3.05) is 26.4 Å². The molecule has 1 amide bonds. The minimum atomic E-state index is -2.55. The van der Waals surface area contributed by atoms with E-state index in [1.54, 1.807) is 6.92 Å². The van der Waals surface area contributed by atoms with E-state index in [2.05, 4.69) is 10.1 Å². The lowest BCUT2D eigenvalue weighted by molar-refractivity contribution is -0.126. The molecule has 0 aliphatic rings. The summed E-state index contributed by atoms with van der Waals surface area (Å²) in [7, 11) is 0. The van der Waals surface area contributed by atoms with Gasteiger partial charge in [0.1, 0.15) is 6.61 Å². The SMILES string of the molecule is CCC(CO)(CO)NC(=O)CCOCC(F)F. The van der Waals surface area contributed by atoms with E-state index < -0.39 is 24.5 Å². The number of carbonyl (C=O) groups is 1. The maximum atomic E-state index is 11.7. The van der Waals surface area contributed by atoms with Crippen molar-refractivity contribution in [2.45, 2.75) is 31.7 Å². The molecular formula is C10H19F2NO4. The smallest absolute Gasteiger partial charge is 0.261 e. The van der Waals surface area contributed by atoms with E-state index in [0.29, 0.717) is 6.42 Å². The predicted molar refractivity (Wildman–Crippen MR) is 56.8 cm³/mol. The molecule has 0 atom stereocenters. The first-order valence-corrected chi connectivity index (χ1v) is 5.38. The zero-order chi connectivity index (χ0) is 13.3. The number of nitrogens with one attached hydrogen (secondary N) is 1.